The monoisotopic (exact) mass is 307 g/mol. The summed E-state index contributed by atoms with van der Waals surface area (Å²) >= 11 is 5.70. The van der Waals surface area contributed by atoms with Crippen LogP contribution in [0.3, 0.4) is 0 Å². The third-order valence-electron chi connectivity index (χ3n) is 2.95. The largest absolute Gasteiger partial charge is 0.399 e. The summed E-state index contributed by atoms with van der Waals surface area (Å²) in [4.78, 5) is 14.1. The van der Waals surface area contributed by atoms with Gasteiger partial charge in [-0.1, -0.05) is 17.7 Å². The number of rotatable bonds is 3. The quantitative estimate of drug-likeness (QED) is 0.855. The van der Waals surface area contributed by atoms with Gasteiger partial charge in [0.1, 0.15) is 0 Å². The van der Waals surface area contributed by atoms with E-state index in [1.807, 2.05) is 14.1 Å². The molecule has 2 aromatic carbocycles. The average Bonchev–Trinajstić information content (AvgIpc) is 2.43. The molecule has 0 aliphatic carbocycles. The van der Waals surface area contributed by atoms with E-state index >= 15 is 0 Å². The predicted molar refractivity (Wildman–Crippen MR) is 84.5 cm³/mol. The number of nitrogens with one attached hydrogen (secondary N) is 1. The second-order valence-electron chi connectivity index (χ2n) is 4.73. The molecule has 0 aromatic heterocycles. The molecule has 0 fully saturated rings. The molecule has 0 aliphatic heterocycles. The molecule has 0 saturated heterocycles. The zero-order valence-corrected chi connectivity index (χ0v) is 12.4. The first-order valence-corrected chi connectivity index (χ1v) is 6.60. The van der Waals surface area contributed by atoms with Crippen molar-refractivity contribution in [2.75, 3.05) is 30.0 Å². The molecular weight excluding hydrogens is 293 g/mol. The van der Waals surface area contributed by atoms with Crippen LogP contribution in [0.1, 0.15) is 10.4 Å². The van der Waals surface area contributed by atoms with Crippen molar-refractivity contribution in [3.63, 3.8) is 0 Å². The highest BCUT2D eigenvalue weighted by Crippen LogP contribution is 2.25. The van der Waals surface area contributed by atoms with E-state index in [0.29, 0.717) is 16.9 Å². The fraction of sp³-hybridized carbons (Fsp3) is 0.133. The zero-order chi connectivity index (χ0) is 15.6. The van der Waals surface area contributed by atoms with Crippen LogP contribution in [0.5, 0.6) is 0 Å². The number of carbonyl (C=O) groups excluding carboxylic acids is 1. The van der Waals surface area contributed by atoms with Gasteiger partial charge in [-0.15, -0.1) is 0 Å². The van der Waals surface area contributed by atoms with Crippen LogP contribution >= 0.6 is 11.6 Å². The van der Waals surface area contributed by atoms with Crippen LogP contribution in [-0.2, 0) is 0 Å². The molecule has 4 nitrogen and oxygen atoms in total. The minimum Gasteiger partial charge on any atom is -0.399 e. The molecule has 2 aromatic rings. The molecule has 3 N–H and O–H groups in total. The number of anilines is 3. The van der Waals surface area contributed by atoms with E-state index in [2.05, 4.69) is 5.32 Å². The van der Waals surface area contributed by atoms with E-state index in [0.717, 1.165) is 0 Å². The maximum Gasteiger partial charge on any atom is 0.257 e. The number of benzene rings is 2. The average molecular weight is 308 g/mol. The summed E-state index contributed by atoms with van der Waals surface area (Å²) in [5.74, 6) is -1.12. The van der Waals surface area contributed by atoms with Gasteiger partial charge < -0.3 is 16.0 Å². The maximum atomic E-state index is 13.8. The van der Waals surface area contributed by atoms with Crippen molar-refractivity contribution in [1.29, 1.82) is 0 Å². The first-order chi connectivity index (χ1) is 9.90. The number of carbonyl (C=O) groups is 1. The highest BCUT2D eigenvalue weighted by Gasteiger charge is 2.16. The molecule has 0 bridgehead atoms. The van der Waals surface area contributed by atoms with Crippen LogP contribution in [-0.4, -0.2) is 20.0 Å². The molecule has 2 rings (SSSR count). The number of amides is 1. The summed E-state index contributed by atoms with van der Waals surface area (Å²) in [6.45, 7) is 0. The van der Waals surface area contributed by atoms with Crippen LogP contribution in [0.25, 0.3) is 0 Å². The highest BCUT2D eigenvalue weighted by atomic mass is 35.5. The molecule has 0 atom stereocenters. The van der Waals surface area contributed by atoms with Crippen molar-refractivity contribution >= 4 is 34.6 Å². The normalized spacial score (nSPS) is 10.3. The Balaban J connectivity index is 2.37. The summed E-state index contributed by atoms with van der Waals surface area (Å²) < 4.78 is 13.8. The van der Waals surface area contributed by atoms with E-state index in [-0.39, 0.29) is 10.7 Å². The third kappa shape index (κ3) is 3.25. The van der Waals surface area contributed by atoms with E-state index in [1.165, 1.54) is 12.1 Å². The van der Waals surface area contributed by atoms with E-state index in [4.69, 9.17) is 17.3 Å². The Morgan fingerprint density at radius 3 is 2.67 bits per heavy atom. The van der Waals surface area contributed by atoms with E-state index in [9.17, 15) is 9.18 Å². The number of nitrogen functional groups attached to an aromatic ring is 1. The number of hydrogen-bond donors (Lipinski definition) is 2. The van der Waals surface area contributed by atoms with E-state index in [1.54, 1.807) is 29.2 Å². The van der Waals surface area contributed by atoms with Crippen molar-refractivity contribution in [2.45, 2.75) is 0 Å². The Hall–Kier alpha value is -2.27. The lowest BCUT2D eigenvalue weighted by Crippen LogP contribution is -2.19. The maximum absolute atomic E-state index is 13.8. The fourth-order valence-corrected chi connectivity index (χ4v) is 2.09. The summed E-state index contributed by atoms with van der Waals surface area (Å²) in [6.07, 6.45) is 0. The van der Waals surface area contributed by atoms with Gasteiger partial charge in [0.25, 0.3) is 5.91 Å². The number of nitrogens with zero attached hydrogens (tertiary/aromatic N) is 1. The SMILES string of the molecule is CN(C)c1ccc(N)cc1C(=O)Nc1cccc(Cl)c1F. The van der Waals surface area contributed by atoms with Gasteiger partial charge in [-0.05, 0) is 30.3 Å². The minimum absolute atomic E-state index is 0.0274. The molecule has 0 radical (unpaired) electrons. The van der Waals surface area contributed by atoms with Gasteiger partial charge in [-0.25, -0.2) is 4.39 Å². The summed E-state index contributed by atoms with van der Waals surface area (Å²) in [6, 6.07) is 9.41. The molecule has 0 aliphatic rings. The molecule has 0 unspecified atom stereocenters. The Kier molecular flexibility index (Phi) is 4.33. The van der Waals surface area contributed by atoms with Gasteiger partial charge >= 0.3 is 0 Å². The smallest absolute Gasteiger partial charge is 0.257 e. The summed E-state index contributed by atoms with van der Waals surface area (Å²) in [7, 11) is 3.62. The highest BCUT2D eigenvalue weighted by molar-refractivity contribution is 6.31. The fourth-order valence-electron chi connectivity index (χ4n) is 1.92. The summed E-state index contributed by atoms with van der Waals surface area (Å²) in [5, 5.41) is 2.46. The van der Waals surface area contributed by atoms with Crippen LogP contribution in [0, 0.1) is 5.82 Å². The lowest BCUT2D eigenvalue weighted by atomic mass is 10.1. The van der Waals surface area contributed by atoms with Crippen LogP contribution < -0.4 is 16.0 Å². The topological polar surface area (TPSA) is 58.4 Å². The standard InChI is InChI=1S/C15H15ClFN3O/c1-20(2)13-7-6-9(18)8-10(13)15(21)19-12-5-3-4-11(16)14(12)17/h3-8H,18H2,1-2H3,(H,19,21). The Morgan fingerprint density at radius 1 is 1.29 bits per heavy atom. The van der Waals surface area contributed by atoms with Crippen LogP contribution in [0.2, 0.25) is 5.02 Å². The first kappa shape index (κ1) is 15.1. The second kappa shape index (κ2) is 6.01. The molecule has 6 heteroatoms. The predicted octanol–water partition coefficient (Wildman–Crippen LogP) is 3.38. The first-order valence-electron chi connectivity index (χ1n) is 6.22. The van der Waals surface area contributed by atoms with Crippen molar-refractivity contribution < 1.29 is 9.18 Å². The van der Waals surface area contributed by atoms with Crippen molar-refractivity contribution in [2.24, 2.45) is 0 Å². The Morgan fingerprint density at radius 2 is 2.00 bits per heavy atom. The summed E-state index contributed by atoms with van der Waals surface area (Å²) in [5.41, 5.74) is 7.25. The van der Waals surface area contributed by atoms with E-state index < -0.39 is 11.7 Å². The molecule has 0 spiro atoms. The molecule has 0 heterocycles. The van der Waals surface area contributed by atoms with Gasteiger partial charge in [0.05, 0.1) is 16.3 Å². The van der Waals surface area contributed by atoms with Crippen molar-refractivity contribution in [1.82, 2.24) is 0 Å². The molecular formula is C15H15ClFN3O. The van der Waals surface area contributed by atoms with Crippen LogP contribution in [0.4, 0.5) is 21.5 Å². The van der Waals surface area contributed by atoms with Gasteiger partial charge in [0.15, 0.2) is 5.82 Å². The molecule has 1 amide bonds. The molecule has 110 valence electrons. The Bertz CT molecular complexity index is 689. The zero-order valence-electron chi connectivity index (χ0n) is 11.7. The number of nitrogens with two attached hydrogens (primary N) is 1. The van der Waals surface area contributed by atoms with Gasteiger partial charge in [-0.2, -0.15) is 0 Å². The second-order valence-corrected chi connectivity index (χ2v) is 5.13. The van der Waals surface area contributed by atoms with Gasteiger partial charge in [0.2, 0.25) is 0 Å². The minimum atomic E-state index is -0.664. The Labute approximate surface area is 127 Å². The number of hydrogen-bond acceptors (Lipinski definition) is 3. The third-order valence-corrected chi connectivity index (χ3v) is 3.24. The van der Waals surface area contributed by atoms with Crippen molar-refractivity contribution in [3.8, 4) is 0 Å². The van der Waals surface area contributed by atoms with Crippen molar-refractivity contribution in [3.05, 3.63) is 52.8 Å². The molecule has 0 saturated carbocycles. The lowest BCUT2D eigenvalue weighted by Gasteiger charge is -2.18. The number of halogens is 2. The van der Waals surface area contributed by atoms with Gasteiger partial charge in [-0.3, -0.25) is 4.79 Å². The van der Waals surface area contributed by atoms with Crippen LogP contribution in [0.15, 0.2) is 36.4 Å². The molecule has 21 heavy (non-hydrogen) atoms. The lowest BCUT2D eigenvalue weighted by molar-refractivity contribution is 0.102. The van der Waals surface area contributed by atoms with Gasteiger partial charge in [0, 0.05) is 25.5 Å².